The molecule has 7 heteroatoms. The normalized spacial score (nSPS) is 18.8. The summed E-state index contributed by atoms with van der Waals surface area (Å²) in [5.41, 5.74) is -0.698. The molecular weight excluding hydrogens is 358 g/mol. The molecule has 0 aliphatic carbocycles. The van der Waals surface area contributed by atoms with Gasteiger partial charge in [0.25, 0.3) is 0 Å². The van der Waals surface area contributed by atoms with Crippen LogP contribution in [0.3, 0.4) is 0 Å². The average molecular weight is 371 g/mol. The van der Waals surface area contributed by atoms with Crippen molar-refractivity contribution in [2.75, 3.05) is 31.1 Å². The molecule has 1 fully saturated rings. The van der Waals surface area contributed by atoms with Crippen molar-refractivity contribution < 1.29 is 13.2 Å². The molecule has 0 aromatic carbocycles. The topological polar surface area (TPSA) is 19.4 Å². The van der Waals surface area contributed by atoms with E-state index in [1.807, 2.05) is 4.90 Å². The summed E-state index contributed by atoms with van der Waals surface area (Å²) >= 11 is 2.26. The van der Waals surface area contributed by atoms with Gasteiger partial charge in [-0.2, -0.15) is 13.2 Å². The Labute approximate surface area is 117 Å². The lowest BCUT2D eigenvalue weighted by atomic mass is 10.2. The molecule has 3 nitrogen and oxygen atoms in total. The Morgan fingerprint density at radius 1 is 1.11 bits per heavy atom. The summed E-state index contributed by atoms with van der Waals surface area (Å²) in [6.45, 7) is 3.51. The van der Waals surface area contributed by atoms with Gasteiger partial charge in [-0.15, -0.1) is 0 Å². The first-order valence-corrected chi connectivity index (χ1v) is 6.62. The van der Waals surface area contributed by atoms with E-state index in [0.717, 1.165) is 44.9 Å². The summed E-state index contributed by atoms with van der Waals surface area (Å²) in [6.07, 6.45) is -2.42. The van der Waals surface area contributed by atoms with Crippen molar-refractivity contribution in [3.8, 4) is 0 Å². The van der Waals surface area contributed by atoms with Crippen LogP contribution in [0.25, 0.3) is 0 Å². The Bertz CT molecular complexity index is 394. The van der Waals surface area contributed by atoms with Gasteiger partial charge in [-0.05, 0) is 18.6 Å². The van der Waals surface area contributed by atoms with Gasteiger partial charge in [0, 0.05) is 55.2 Å². The van der Waals surface area contributed by atoms with E-state index in [-0.39, 0.29) is 0 Å². The lowest BCUT2D eigenvalue weighted by molar-refractivity contribution is -0.137. The van der Waals surface area contributed by atoms with E-state index in [1.54, 1.807) is 0 Å². The Morgan fingerprint density at radius 2 is 1.89 bits per heavy atom. The third kappa shape index (κ3) is 3.47. The molecule has 0 bridgehead atoms. The van der Waals surface area contributed by atoms with Crippen LogP contribution in [0.2, 0.25) is 0 Å². The highest BCUT2D eigenvalue weighted by molar-refractivity contribution is 14.1. The maximum Gasteiger partial charge on any atom is 0.417 e. The first kappa shape index (κ1) is 13.9. The van der Waals surface area contributed by atoms with Crippen LogP contribution in [0.4, 0.5) is 19.0 Å². The monoisotopic (exact) mass is 371 g/mol. The SMILES string of the molecule is FC(F)(F)c1ccc(N2CCCN(I)CC2)nc1. The van der Waals surface area contributed by atoms with Crippen molar-refractivity contribution in [2.24, 2.45) is 0 Å². The summed E-state index contributed by atoms with van der Waals surface area (Å²) in [4.78, 5) is 5.95. The number of anilines is 1. The molecule has 100 valence electrons. The van der Waals surface area contributed by atoms with E-state index in [9.17, 15) is 13.2 Å². The zero-order chi connectivity index (χ0) is 13.2. The second-order valence-electron chi connectivity index (χ2n) is 4.15. The Balaban J connectivity index is 2.09. The number of aromatic nitrogens is 1. The molecule has 2 heterocycles. The number of hydrogen-bond acceptors (Lipinski definition) is 3. The summed E-state index contributed by atoms with van der Waals surface area (Å²) in [5.74, 6) is 0.620. The lowest BCUT2D eigenvalue weighted by Crippen LogP contribution is -2.28. The fourth-order valence-corrected chi connectivity index (χ4v) is 2.41. The molecule has 1 aromatic rings. The van der Waals surface area contributed by atoms with E-state index in [0.29, 0.717) is 5.82 Å². The van der Waals surface area contributed by atoms with Crippen LogP contribution in [0.5, 0.6) is 0 Å². The molecule has 0 saturated carbocycles. The third-order valence-corrected chi connectivity index (χ3v) is 3.81. The van der Waals surface area contributed by atoms with Gasteiger partial charge in [-0.25, -0.2) is 8.10 Å². The number of rotatable bonds is 1. The molecule has 1 aliphatic heterocycles. The molecular formula is C11H13F3IN3. The first-order valence-electron chi connectivity index (χ1n) is 5.66. The van der Waals surface area contributed by atoms with E-state index in [2.05, 4.69) is 31.0 Å². The highest BCUT2D eigenvalue weighted by Crippen LogP contribution is 2.29. The molecule has 2 rings (SSSR count). The van der Waals surface area contributed by atoms with Gasteiger partial charge in [-0.3, -0.25) is 0 Å². The van der Waals surface area contributed by atoms with Gasteiger partial charge >= 0.3 is 6.18 Å². The van der Waals surface area contributed by atoms with Crippen LogP contribution in [-0.4, -0.2) is 34.3 Å². The summed E-state index contributed by atoms with van der Waals surface area (Å²) in [5, 5.41) is 0. The van der Waals surface area contributed by atoms with Gasteiger partial charge < -0.3 is 4.90 Å². The van der Waals surface area contributed by atoms with Gasteiger partial charge in [0.05, 0.1) is 5.56 Å². The average Bonchev–Trinajstić information content (AvgIpc) is 2.53. The van der Waals surface area contributed by atoms with Crippen LogP contribution in [0, 0.1) is 0 Å². The summed E-state index contributed by atoms with van der Waals surface area (Å²) < 4.78 is 39.4. The minimum Gasteiger partial charge on any atom is -0.355 e. The standard InChI is InChI=1S/C11H13F3IN3/c12-11(13,14)9-2-3-10(16-8-9)17-4-1-5-18(15)7-6-17/h2-3,8H,1,4-7H2. The van der Waals surface area contributed by atoms with Crippen LogP contribution < -0.4 is 4.90 Å². The highest BCUT2D eigenvalue weighted by atomic mass is 127. The maximum atomic E-state index is 12.4. The van der Waals surface area contributed by atoms with Crippen LogP contribution in [0.1, 0.15) is 12.0 Å². The van der Waals surface area contributed by atoms with E-state index in [1.165, 1.54) is 6.07 Å². The zero-order valence-corrected chi connectivity index (χ0v) is 11.8. The van der Waals surface area contributed by atoms with E-state index in [4.69, 9.17) is 0 Å². The largest absolute Gasteiger partial charge is 0.417 e. The lowest BCUT2D eigenvalue weighted by Gasteiger charge is -2.21. The minimum atomic E-state index is -4.32. The van der Waals surface area contributed by atoms with E-state index < -0.39 is 11.7 Å². The number of nitrogens with zero attached hydrogens (tertiary/aromatic N) is 3. The fourth-order valence-electron chi connectivity index (χ4n) is 1.86. The fraction of sp³-hybridized carbons (Fsp3) is 0.545. The molecule has 1 saturated heterocycles. The first-order chi connectivity index (χ1) is 8.47. The predicted molar refractivity (Wildman–Crippen MR) is 71.7 cm³/mol. The van der Waals surface area contributed by atoms with Gasteiger partial charge in [0.2, 0.25) is 0 Å². The number of hydrogen-bond donors (Lipinski definition) is 0. The highest BCUT2D eigenvalue weighted by Gasteiger charge is 2.30. The molecule has 0 spiro atoms. The van der Waals surface area contributed by atoms with Gasteiger partial charge in [0.1, 0.15) is 5.82 Å². The second-order valence-corrected chi connectivity index (χ2v) is 5.52. The Kier molecular flexibility index (Phi) is 4.31. The summed E-state index contributed by atoms with van der Waals surface area (Å²) in [6, 6.07) is 2.54. The van der Waals surface area contributed by atoms with Crippen molar-refractivity contribution in [1.29, 1.82) is 0 Å². The number of halogens is 4. The zero-order valence-electron chi connectivity index (χ0n) is 9.62. The Morgan fingerprint density at radius 3 is 2.50 bits per heavy atom. The predicted octanol–water partition coefficient (Wildman–Crippen LogP) is 2.96. The van der Waals surface area contributed by atoms with Crippen molar-refractivity contribution in [2.45, 2.75) is 12.6 Å². The molecule has 1 aliphatic rings. The molecule has 0 radical (unpaired) electrons. The number of pyridine rings is 1. The minimum absolute atomic E-state index is 0.620. The van der Waals surface area contributed by atoms with Gasteiger partial charge in [0.15, 0.2) is 0 Å². The third-order valence-electron chi connectivity index (χ3n) is 2.84. The molecule has 0 N–H and O–H groups in total. The van der Waals surface area contributed by atoms with Crippen molar-refractivity contribution in [1.82, 2.24) is 8.10 Å². The molecule has 0 atom stereocenters. The van der Waals surface area contributed by atoms with Crippen molar-refractivity contribution in [3.63, 3.8) is 0 Å². The summed E-state index contributed by atoms with van der Waals surface area (Å²) in [7, 11) is 0. The quantitative estimate of drug-likeness (QED) is 0.559. The van der Waals surface area contributed by atoms with Crippen LogP contribution >= 0.6 is 22.9 Å². The second kappa shape index (κ2) is 5.60. The van der Waals surface area contributed by atoms with Crippen LogP contribution in [-0.2, 0) is 6.18 Å². The number of alkyl halides is 3. The van der Waals surface area contributed by atoms with Gasteiger partial charge in [-0.1, -0.05) is 0 Å². The molecule has 0 unspecified atom stereocenters. The maximum absolute atomic E-state index is 12.4. The van der Waals surface area contributed by atoms with Crippen LogP contribution in [0.15, 0.2) is 18.3 Å². The van der Waals surface area contributed by atoms with E-state index >= 15 is 0 Å². The van der Waals surface area contributed by atoms with Crippen molar-refractivity contribution >= 4 is 28.7 Å². The molecule has 1 aromatic heterocycles. The Hall–Kier alpha value is -0.570. The molecule has 18 heavy (non-hydrogen) atoms. The van der Waals surface area contributed by atoms with Crippen molar-refractivity contribution in [3.05, 3.63) is 23.9 Å². The smallest absolute Gasteiger partial charge is 0.355 e. The molecule has 0 amide bonds.